The molecule has 0 spiro atoms. The summed E-state index contributed by atoms with van der Waals surface area (Å²) >= 11 is 0. The van der Waals surface area contributed by atoms with E-state index in [2.05, 4.69) is 24.3 Å². The predicted molar refractivity (Wildman–Crippen MR) is 59.9 cm³/mol. The first-order chi connectivity index (χ1) is 7.34. The number of hydrogen-bond acceptors (Lipinski definition) is 1. The molecule has 1 aromatic rings. The summed E-state index contributed by atoms with van der Waals surface area (Å²) in [5, 5.41) is 0. The zero-order chi connectivity index (χ0) is 10.3. The third-order valence-corrected chi connectivity index (χ3v) is 4.03. The maximum Gasteiger partial charge on any atom is 0.133 e. The van der Waals surface area contributed by atoms with Gasteiger partial charge in [-0.1, -0.05) is 24.3 Å². The summed E-state index contributed by atoms with van der Waals surface area (Å²) in [4.78, 5) is 11.4. The summed E-state index contributed by atoms with van der Waals surface area (Å²) in [6.45, 7) is 0. The highest BCUT2D eigenvalue weighted by atomic mass is 16.1. The van der Waals surface area contributed by atoms with E-state index < -0.39 is 0 Å². The molecule has 1 nitrogen and oxygen atoms in total. The highest BCUT2D eigenvalue weighted by Gasteiger charge is 2.33. The monoisotopic (exact) mass is 200 g/mol. The van der Waals surface area contributed by atoms with Crippen molar-refractivity contribution in [3.8, 4) is 0 Å². The summed E-state index contributed by atoms with van der Waals surface area (Å²) < 4.78 is 0. The molecule has 2 aliphatic carbocycles. The molecule has 2 atom stereocenters. The third-order valence-electron chi connectivity index (χ3n) is 4.03. The first kappa shape index (κ1) is 9.14. The Labute approximate surface area is 90.5 Å². The lowest BCUT2D eigenvalue weighted by Crippen LogP contribution is -2.27. The van der Waals surface area contributed by atoms with Crippen LogP contribution in [-0.2, 0) is 11.2 Å². The van der Waals surface area contributed by atoms with E-state index in [0.717, 1.165) is 19.3 Å². The largest absolute Gasteiger partial charge is 0.300 e. The van der Waals surface area contributed by atoms with Crippen LogP contribution in [0.1, 0.15) is 42.7 Å². The molecule has 1 saturated carbocycles. The lowest BCUT2D eigenvalue weighted by molar-refractivity contribution is -0.122. The topological polar surface area (TPSA) is 17.1 Å². The van der Waals surface area contributed by atoms with Crippen molar-refractivity contribution in [1.29, 1.82) is 0 Å². The molecule has 0 radical (unpaired) electrons. The average Bonchev–Trinajstić information content (AvgIpc) is 2.28. The minimum atomic E-state index is 0.482. The number of Topliss-reactive ketones (excluding diaryl/α,β-unsaturated/α-hetero) is 1. The molecule has 0 saturated heterocycles. The highest BCUT2D eigenvalue weighted by Crippen LogP contribution is 2.43. The second-order valence-corrected chi connectivity index (χ2v) is 4.89. The van der Waals surface area contributed by atoms with E-state index in [4.69, 9.17) is 0 Å². The molecule has 0 aliphatic heterocycles. The Kier molecular flexibility index (Phi) is 2.12. The molecule has 0 heterocycles. The standard InChI is InChI=1S/C14H16O/c15-12-7-8-14-11(9-12)6-5-10-3-1-2-4-13(10)14/h1-4,11,14H,5-9H2/t11-,14-/m0/s1. The zero-order valence-corrected chi connectivity index (χ0v) is 8.91. The van der Waals surface area contributed by atoms with Gasteiger partial charge >= 0.3 is 0 Å². The molecule has 3 rings (SSSR count). The van der Waals surface area contributed by atoms with Gasteiger partial charge in [0.1, 0.15) is 5.78 Å². The molecular weight excluding hydrogens is 184 g/mol. The molecule has 1 heteroatoms. The summed E-state index contributed by atoms with van der Waals surface area (Å²) in [7, 11) is 0. The fourth-order valence-corrected chi connectivity index (χ4v) is 3.27. The zero-order valence-electron chi connectivity index (χ0n) is 8.91. The Balaban J connectivity index is 1.97. The second kappa shape index (κ2) is 3.48. The number of fused-ring (bicyclic) bond motifs is 3. The van der Waals surface area contributed by atoms with Gasteiger partial charge in [0, 0.05) is 12.8 Å². The quantitative estimate of drug-likeness (QED) is 0.629. The summed E-state index contributed by atoms with van der Waals surface area (Å²) in [6.07, 6.45) is 5.10. The Morgan fingerprint density at radius 2 is 1.93 bits per heavy atom. The van der Waals surface area contributed by atoms with Gasteiger partial charge in [0.25, 0.3) is 0 Å². The van der Waals surface area contributed by atoms with Crippen LogP contribution in [0, 0.1) is 5.92 Å². The van der Waals surface area contributed by atoms with E-state index in [1.54, 1.807) is 0 Å². The van der Waals surface area contributed by atoms with Gasteiger partial charge in [-0.25, -0.2) is 0 Å². The van der Waals surface area contributed by atoms with Gasteiger partial charge in [0.2, 0.25) is 0 Å². The van der Waals surface area contributed by atoms with Crippen molar-refractivity contribution in [1.82, 2.24) is 0 Å². The molecule has 0 amide bonds. The van der Waals surface area contributed by atoms with Crippen LogP contribution in [0.25, 0.3) is 0 Å². The molecule has 0 aromatic heterocycles. The first-order valence-corrected chi connectivity index (χ1v) is 5.94. The third kappa shape index (κ3) is 1.50. The number of hydrogen-bond donors (Lipinski definition) is 0. The van der Waals surface area contributed by atoms with Crippen LogP contribution in [0.2, 0.25) is 0 Å². The summed E-state index contributed by atoms with van der Waals surface area (Å²) in [6, 6.07) is 8.79. The molecule has 2 aliphatic rings. The molecule has 0 N–H and O–H groups in total. The Hall–Kier alpha value is -1.11. The fraction of sp³-hybridized carbons (Fsp3) is 0.500. The maximum atomic E-state index is 11.4. The van der Waals surface area contributed by atoms with Crippen LogP contribution in [-0.4, -0.2) is 5.78 Å². The minimum Gasteiger partial charge on any atom is -0.300 e. The van der Waals surface area contributed by atoms with Crippen molar-refractivity contribution in [2.24, 2.45) is 5.92 Å². The molecule has 1 fully saturated rings. The lowest BCUT2D eigenvalue weighted by atomic mass is 9.68. The molecule has 0 unspecified atom stereocenters. The molecule has 15 heavy (non-hydrogen) atoms. The van der Waals surface area contributed by atoms with E-state index in [9.17, 15) is 4.79 Å². The SMILES string of the molecule is O=C1CC[C@@H]2c3ccccc3CC[C@H]2C1. The van der Waals surface area contributed by atoms with Crippen LogP contribution in [0.3, 0.4) is 0 Å². The maximum absolute atomic E-state index is 11.4. The van der Waals surface area contributed by atoms with E-state index >= 15 is 0 Å². The van der Waals surface area contributed by atoms with E-state index in [1.165, 1.54) is 24.0 Å². The van der Waals surface area contributed by atoms with Crippen molar-refractivity contribution < 1.29 is 4.79 Å². The van der Waals surface area contributed by atoms with Crippen LogP contribution in [0.4, 0.5) is 0 Å². The number of aryl methyl sites for hydroxylation is 1. The van der Waals surface area contributed by atoms with E-state index in [1.807, 2.05) is 0 Å². The average molecular weight is 200 g/mol. The van der Waals surface area contributed by atoms with Crippen molar-refractivity contribution in [3.63, 3.8) is 0 Å². The number of rotatable bonds is 0. The van der Waals surface area contributed by atoms with Crippen LogP contribution >= 0.6 is 0 Å². The van der Waals surface area contributed by atoms with Crippen molar-refractivity contribution in [2.45, 2.75) is 38.0 Å². The lowest BCUT2D eigenvalue weighted by Gasteiger charge is -2.36. The number of ketones is 1. The van der Waals surface area contributed by atoms with Crippen LogP contribution < -0.4 is 0 Å². The minimum absolute atomic E-state index is 0.482. The van der Waals surface area contributed by atoms with Gasteiger partial charge in [-0.15, -0.1) is 0 Å². The predicted octanol–water partition coefficient (Wildman–Crippen LogP) is 3.09. The molecule has 1 aromatic carbocycles. The first-order valence-electron chi connectivity index (χ1n) is 5.94. The fourth-order valence-electron chi connectivity index (χ4n) is 3.27. The van der Waals surface area contributed by atoms with E-state index in [0.29, 0.717) is 17.6 Å². The smallest absolute Gasteiger partial charge is 0.133 e. The van der Waals surface area contributed by atoms with Crippen molar-refractivity contribution in [2.75, 3.05) is 0 Å². The Bertz CT molecular complexity index is 394. The molecule has 0 bridgehead atoms. The van der Waals surface area contributed by atoms with Gasteiger partial charge in [-0.2, -0.15) is 0 Å². The number of benzene rings is 1. The summed E-state index contributed by atoms with van der Waals surface area (Å²) in [5.74, 6) is 1.80. The highest BCUT2D eigenvalue weighted by molar-refractivity contribution is 5.79. The summed E-state index contributed by atoms with van der Waals surface area (Å²) in [5.41, 5.74) is 3.05. The van der Waals surface area contributed by atoms with Crippen LogP contribution in [0.5, 0.6) is 0 Å². The van der Waals surface area contributed by atoms with Gasteiger partial charge in [-0.3, -0.25) is 4.79 Å². The second-order valence-electron chi connectivity index (χ2n) is 4.89. The normalized spacial score (nSPS) is 29.5. The van der Waals surface area contributed by atoms with Gasteiger partial charge in [0.15, 0.2) is 0 Å². The van der Waals surface area contributed by atoms with Crippen LogP contribution in [0.15, 0.2) is 24.3 Å². The molecular formula is C14H16O. The Morgan fingerprint density at radius 1 is 1.07 bits per heavy atom. The van der Waals surface area contributed by atoms with Crippen molar-refractivity contribution in [3.05, 3.63) is 35.4 Å². The van der Waals surface area contributed by atoms with Crippen molar-refractivity contribution >= 4 is 5.78 Å². The van der Waals surface area contributed by atoms with Gasteiger partial charge < -0.3 is 0 Å². The number of carbonyl (C=O) groups excluding carboxylic acids is 1. The van der Waals surface area contributed by atoms with Gasteiger partial charge in [0.05, 0.1) is 0 Å². The molecule has 78 valence electrons. The van der Waals surface area contributed by atoms with Gasteiger partial charge in [-0.05, 0) is 42.2 Å². The van der Waals surface area contributed by atoms with E-state index in [-0.39, 0.29) is 0 Å². The number of carbonyl (C=O) groups is 1. The Morgan fingerprint density at radius 3 is 2.87 bits per heavy atom.